The van der Waals surface area contributed by atoms with Crippen molar-refractivity contribution in [2.75, 3.05) is 32.7 Å². The molecule has 0 bridgehead atoms. The van der Waals surface area contributed by atoms with Crippen molar-refractivity contribution in [3.05, 3.63) is 71.9 Å². The second-order valence-corrected chi connectivity index (χ2v) is 7.54. The largest absolute Gasteiger partial charge is 0.385 e. The van der Waals surface area contributed by atoms with E-state index >= 15 is 0 Å². The van der Waals surface area contributed by atoms with Crippen LogP contribution in [-0.4, -0.2) is 46.9 Å². The van der Waals surface area contributed by atoms with E-state index in [4.69, 9.17) is 19.4 Å². The Bertz CT molecular complexity index is 1250. The van der Waals surface area contributed by atoms with Gasteiger partial charge in [0.15, 0.2) is 5.65 Å². The summed E-state index contributed by atoms with van der Waals surface area (Å²) in [6.45, 7) is 1.83. The summed E-state index contributed by atoms with van der Waals surface area (Å²) >= 11 is 0. The predicted octanol–water partition coefficient (Wildman–Crippen LogP) is 4.20. The number of hydrogen-bond donors (Lipinski definition) is 1. The van der Waals surface area contributed by atoms with Crippen molar-refractivity contribution in [3.8, 4) is 17.5 Å². The third-order valence-electron chi connectivity index (χ3n) is 5.37. The average Bonchev–Trinajstić information content (AvgIpc) is 3.23. The number of methoxy groups -OCH3 is 2. The summed E-state index contributed by atoms with van der Waals surface area (Å²) in [4.78, 5) is 14.0. The van der Waals surface area contributed by atoms with Crippen LogP contribution in [0.2, 0.25) is 0 Å². The van der Waals surface area contributed by atoms with Crippen molar-refractivity contribution in [1.29, 1.82) is 5.26 Å². The fourth-order valence-electron chi connectivity index (χ4n) is 3.72. The molecule has 0 saturated heterocycles. The van der Waals surface area contributed by atoms with Crippen LogP contribution in [0.1, 0.15) is 23.7 Å². The molecule has 2 aromatic carbocycles. The molecule has 4 rings (SSSR count). The number of benzene rings is 2. The SMILES string of the molecule is COCCCn1c(-c2cccc(C#N)c2)nc2cnc(NCC(OC)c3ccccc3)nc21. The molecule has 0 fully saturated rings. The molecule has 8 nitrogen and oxygen atoms in total. The summed E-state index contributed by atoms with van der Waals surface area (Å²) in [6.07, 6.45) is 2.40. The van der Waals surface area contributed by atoms with Gasteiger partial charge in [0.2, 0.25) is 5.95 Å². The standard InChI is InChI=1S/C25H26N6O2/c1-32-13-7-12-31-23(20-11-6-8-18(14-20)15-26)29-21-16-27-25(30-24(21)31)28-17-22(33-2)19-9-4-3-5-10-19/h3-6,8-11,14,16,22H,7,12-13,17H2,1-2H3,(H,27,28,30). The number of hydrogen-bond acceptors (Lipinski definition) is 7. The molecule has 1 unspecified atom stereocenters. The van der Waals surface area contributed by atoms with Gasteiger partial charge in [-0.2, -0.15) is 10.2 Å². The van der Waals surface area contributed by atoms with Gasteiger partial charge >= 0.3 is 0 Å². The summed E-state index contributed by atoms with van der Waals surface area (Å²) in [5.74, 6) is 1.26. The number of nitrogens with one attached hydrogen (secondary N) is 1. The van der Waals surface area contributed by atoms with Crippen LogP contribution in [0, 0.1) is 11.3 Å². The molecule has 0 aliphatic carbocycles. The first-order valence-corrected chi connectivity index (χ1v) is 10.8. The smallest absolute Gasteiger partial charge is 0.224 e. The highest BCUT2D eigenvalue weighted by Gasteiger charge is 2.16. The molecule has 4 aromatic rings. The van der Waals surface area contributed by atoms with Crippen LogP contribution in [0.25, 0.3) is 22.6 Å². The predicted molar refractivity (Wildman–Crippen MR) is 127 cm³/mol. The number of nitriles is 1. The van der Waals surface area contributed by atoms with Crippen molar-refractivity contribution < 1.29 is 9.47 Å². The number of fused-ring (bicyclic) bond motifs is 1. The number of rotatable bonds is 10. The lowest BCUT2D eigenvalue weighted by Crippen LogP contribution is -2.16. The van der Waals surface area contributed by atoms with Crippen LogP contribution in [0.4, 0.5) is 5.95 Å². The highest BCUT2D eigenvalue weighted by molar-refractivity contribution is 5.77. The highest BCUT2D eigenvalue weighted by atomic mass is 16.5. The van der Waals surface area contributed by atoms with Crippen molar-refractivity contribution in [3.63, 3.8) is 0 Å². The quantitative estimate of drug-likeness (QED) is 0.368. The molecule has 1 atom stereocenters. The molecule has 0 spiro atoms. The first-order valence-electron chi connectivity index (χ1n) is 10.8. The number of ether oxygens (including phenoxy) is 2. The number of anilines is 1. The molecule has 0 amide bonds. The molecule has 8 heteroatoms. The van der Waals surface area contributed by atoms with Gasteiger partial charge in [-0.15, -0.1) is 0 Å². The fraction of sp³-hybridized carbons (Fsp3) is 0.280. The molecule has 2 aromatic heterocycles. The van der Waals surface area contributed by atoms with E-state index in [9.17, 15) is 5.26 Å². The molecular formula is C25H26N6O2. The monoisotopic (exact) mass is 442 g/mol. The van der Waals surface area contributed by atoms with Crippen molar-refractivity contribution >= 4 is 17.1 Å². The van der Waals surface area contributed by atoms with E-state index in [1.807, 2.05) is 48.5 Å². The molecule has 33 heavy (non-hydrogen) atoms. The maximum absolute atomic E-state index is 9.30. The Balaban J connectivity index is 1.65. The molecule has 0 radical (unpaired) electrons. The van der Waals surface area contributed by atoms with Gasteiger partial charge in [0.25, 0.3) is 0 Å². The van der Waals surface area contributed by atoms with Gasteiger partial charge in [0.05, 0.1) is 23.9 Å². The minimum Gasteiger partial charge on any atom is -0.385 e. The summed E-state index contributed by atoms with van der Waals surface area (Å²) in [5, 5.41) is 12.6. The minimum absolute atomic E-state index is 0.124. The Kier molecular flexibility index (Phi) is 7.25. The maximum atomic E-state index is 9.30. The lowest BCUT2D eigenvalue weighted by Gasteiger charge is -2.16. The van der Waals surface area contributed by atoms with Gasteiger partial charge in [0, 0.05) is 39.5 Å². The fourth-order valence-corrected chi connectivity index (χ4v) is 3.72. The van der Waals surface area contributed by atoms with Crippen molar-refractivity contribution in [1.82, 2.24) is 19.5 Å². The Morgan fingerprint density at radius 2 is 1.94 bits per heavy atom. The van der Waals surface area contributed by atoms with Crippen LogP contribution in [-0.2, 0) is 16.0 Å². The van der Waals surface area contributed by atoms with Crippen molar-refractivity contribution in [2.45, 2.75) is 19.1 Å². The van der Waals surface area contributed by atoms with Crippen molar-refractivity contribution in [2.24, 2.45) is 0 Å². The Morgan fingerprint density at radius 1 is 1.09 bits per heavy atom. The van der Waals surface area contributed by atoms with Gasteiger partial charge < -0.3 is 19.4 Å². The van der Waals surface area contributed by atoms with E-state index in [1.54, 1.807) is 26.5 Å². The Morgan fingerprint density at radius 3 is 2.70 bits per heavy atom. The third kappa shape index (κ3) is 5.17. The summed E-state index contributed by atoms with van der Waals surface area (Å²) in [5.41, 5.74) is 3.96. The summed E-state index contributed by atoms with van der Waals surface area (Å²) in [6, 6.07) is 19.7. The van der Waals surface area contributed by atoms with Gasteiger partial charge in [-0.05, 0) is 24.1 Å². The zero-order valence-corrected chi connectivity index (χ0v) is 18.7. The maximum Gasteiger partial charge on any atom is 0.224 e. The molecule has 1 N–H and O–H groups in total. The first kappa shape index (κ1) is 22.4. The van der Waals surface area contributed by atoms with Gasteiger partial charge in [0.1, 0.15) is 11.3 Å². The van der Waals surface area contributed by atoms with E-state index in [1.165, 1.54) is 0 Å². The zero-order valence-electron chi connectivity index (χ0n) is 18.7. The Labute approximate surface area is 192 Å². The molecule has 2 heterocycles. The topological polar surface area (TPSA) is 97.9 Å². The van der Waals surface area contributed by atoms with E-state index in [2.05, 4.69) is 20.9 Å². The van der Waals surface area contributed by atoms with Crippen LogP contribution in [0.3, 0.4) is 0 Å². The van der Waals surface area contributed by atoms with Crippen LogP contribution < -0.4 is 5.32 Å². The lowest BCUT2D eigenvalue weighted by molar-refractivity contribution is 0.114. The molecule has 0 aliphatic rings. The second-order valence-electron chi connectivity index (χ2n) is 7.54. The number of aromatic nitrogens is 4. The highest BCUT2D eigenvalue weighted by Crippen LogP contribution is 2.25. The zero-order chi connectivity index (χ0) is 23.0. The average molecular weight is 443 g/mol. The van der Waals surface area contributed by atoms with Gasteiger partial charge in [-0.1, -0.05) is 42.5 Å². The number of imidazole rings is 1. The second kappa shape index (κ2) is 10.7. The normalized spacial score (nSPS) is 11.9. The van der Waals surface area contributed by atoms with Crippen LogP contribution >= 0.6 is 0 Å². The number of nitrogens with zero attached hydrogens (tertiary/aromatic N) is 5. The third-order valence-corrected chi connectivity index (χ3v) is 5.37. The molecule has 0 aliphatic heterocycles. The van der Waals surface area contributed by atoms with Gasteiger partial charge in [-0.25, -0.2) is 9.97 Å². The number of aryl methyl sites for hydroxylation is 1. The lowest BCUT2D eigenvalue weighted by atomic mass is 10.1. The molecule has 0 saturated carbocycles. The van der Waals surface area contributed by atoms with Gasteiger partial charge in [-0.3, -0.25) is 0 Å². The summed E-state index contributed by atoms with van der Waals surface area (Å²) in [7, 11) is 3.38. The molecule has 168 valence electrons. The van der Waals surface area contributed by atoms with E-state index in [-0.39, 0.29) is 6.10 Å². The van der Waals surface area contributed by atoms with Crippen LogP contribution in [0.15, 0.2) is 60.8 Å². The minimum atomic E-state index is -0.124. The van der Waals surface area contributed by atoms with E-state index in [0.717, 1.165) is 29.0 Å². The molecular weight excluding hydrogens is 416 g/mol. The van der Waals surface area contributed by atoms with E-state index < -0.39 is 0 Å². The van der Waals surface area contributed by atoms with E-state index in [0.29, 0.717) is 36.7 Å². The van der Waals surface area contributed by atoms with Crippen LogP contribution in [0.5, 0.6) is 0 Å². The first-order chi connectivity index (χ1) is 16.2. The summed E-state index contributed by atoms with van der Waals surface area (Å²) < 4.78 is 12.9. The Hall–Kier alpha value is -3.80.